The number of likely N-dealkylation sites (tertiary alicyclic amines) is 1. The highest BCUT2D eigenvalue weighted by atomic mass is 16.4. The number of nitrogens with one attached hydrogen (secondary N) is 2. The Kier molecular flexibility index (Phi) is 10.6. The van der Waals surface area contributed by atoms with Crippen molar-refractivity contribution >= 4 is 29.7 Å². The highest BCUT2D eigenvalue weighted by molar-refractivity contribution is 5.96. The van der Waals surface area contributed by atoms with E-state index in [-0.39, 0.29) is 18.4 Å². The molecule has 182 valence electrons. The molecule has 1 aliphatic heterocycles. The predicted molar refractivity (Wildman–Crippen MR) is 115 cm³/mol. The fraction of sp³-hybridized carbons (Fsp3) is 0.762. The zero-order valence-corrected chi connectivity index (χ0v) is 19.2. The molecule has 1 fully saturated rings. The van der Waals surface area contributed by atoms with Gasteiger partial charge in [-0.25, -0.2) is 4.79 Å². The van der Waals surface area contributed by atoms with Gasteiger partial charge in [-0.3, -0.25) is 19.2 Å². The van der Waals surface area contributed by atoms with Crippen LogP contribution < -0.4 is 16.4 Å². The summed E-state index contributed by atoms with van der Waals surface area (Å²) in [7, 11) is 0. The second kappa shape index (κ2) is 12.4. The van der Waals surface area contributed by atoms with Gasteiger partial charge >= 0.3 is 11.9 Å². The van der Waals surface area contributed by atoms with Crippen LogP contribution in [0.4, 0.5) is 0 Å². The van der Waals surface area contributed by atoms with Gasteiger partial charge in [0.05, 0.1) is 12.5 Å². The number of carbonyl (C=O) groups is 5. The molecule has 11 heteroatoms. The lowest BCUT2D eigenvalue weighted by Crippen LogP contribution is -2.57. The van der Waals surface area contributed by atoms with Gasteiger partial charge in [0.2, 0.25) is 17.7 Å². The molecule has 0 aromatic carbocycles. The molecule has 6 N–H and O–H groups in total. The van der Waals surface area contributed by atoms with E-state index < -0.39 is 60.2 Å². The van der Waals surface area contributed by atoms with Gasteiger partial charge in [0, 0.05) is 6.54 Å². The van der Waals surface area contributed by atoms with Gasteiger partial charge in [-0.15, -0.1) is 0 Å². The number of carbonyl (C=O) groups excluding carboxylic acids is 3. The van der Waals surface area contributed by atoms with Crippen LogP contribution in [-0.4, -0.2) is 75.5 Å². The van der Waals surface area contributed by atoms with Crippen LogP contribution in [0.1, 0.15) is 59.8 Å². The van der Waals surface area contributed by atoms with Crippen molar-refractivity contribution in [3.8, 4) is 0 Å². The van der Waals surface area contributed by atoms with Crippen LogP contribution in [-0.2, 0) is 24.0 Å². The average molecular weight is 457 g/mol. The molecule has 32 heavy (non-hydrogen) atoms. The van der Waals surface area contributed by atoms with E-state index in [1.165, 1.54) is 4.90 Å². The number of amides is 3. The van der Waals surface area contributed by atoms with Crippen LogP contribution in [0.3, 0.4) is 0 Å². The Morgan fingerprint density at radius 1 is 1.09 bits per heavy atom. The van der Waals surface area contributed by atoms with Gasteiger partial charge in [0.1, 0.15) is 18.1 Å². The normalized spacial score (nSPS) is 19.7. The molecule has 11 nitrogen and oxygen atoms in total. The topological polar surface area (TPSA) is 179 Å². The van der Waals surface area contributed by atoms with Crippen molar-refractivity contribution in [2.45, 2.75) is 84.0 Å². The molecule has 0 bridgehead atoms. The summed E-state index contributed by atoms with van der Waals surface area (Å²) in [6, 6.07) is -4.32. The molecule has 5 atom stereocenters. The minimum Gasteiger partial charge on any atom is -0.481 e. The number of rotatable bonds is 12. The fourth-order valence-corrected chi connectivity index (χ4v) is 3.70. The van der Waals surface area contributed by atoms with E-state index in [1.54, 1.807) is 13.8 Å². The monoisotopic (exact) mass is 456 g/mol. The van der Waals surface area contributed by atoms with E-state index in [2.05, 4.69) is 10.6 Å². The number of hydrogen-bond acceptors (Lipinski definition) is 6. The van der Waals surface area contributed by atoms with E-state index in [4.69, 9.17) is 5.73 Å². The molecule has 0 radical (unpaired) electrons. The third-order valence-corrected chi connectivity index (χ3v) is 5.67. The molecular formula is C21H36N4O7. The van der Waals surface area contributed by atoms with E-state index in [0.717, 1.165) is 0 Å². The Morgan fingerprint density at radius 2 is 1.72 bits per heavy atom. The highest BCUT2D eigenvalue weighted by Crippen LogP contribution is 2.20. The Labute approximate surface area is 188 Å². The minimum atomic E-state index is -1.38. The fourth-order valence-electron chi connectivity index (χ4n) is 3.70. The quantitative estimate of drug-likeness (QED) is 0.270. The number of nitrogens with two attached hydrogens (primary N) is 1. The van der Waals surface area contributed by atoms with Crippen LogP contribution in [0.2, 0.25) is 0 Å². The summed E-state index contributed by atoms with van der Waals surface area (Å²) in [6.45, 7) is 7.47. The molecule has 1 aliphatic rings. The number of hydrogen-bond donors (Lipinski definition) is 5. The molecule has 0 spiro atoms. The second-order valence-corrected chi connectivity index (χ2v) is 8.79. The van der Waals surface area contributed by atoms with Crippen LogP contribution in [0.5, 0.6) is 0 Å². The average Bonchev–Trinajstić information content (AvgIpc) is 3.18. The van der Waals surface area contributed by atoms with Gasteiger partial charge in [-0.05, 0) is 31.1 Å². The number of carboxylic acid groups (broad SMARTS) is 2. The number of aliphatic carboxylic acids is 2. The van der Waals surface area contributed by atoms with Crippen molar-refractivity contribution in [3.63, 3.8) is 0 Å². The van der Waals surface area contributed by atoms with Crippen molar-refractivity contribution < 1.29 is 34.2 Å². The summed E-state index contributed by atoms with van der Waals surface area (Å²) in [5.41, 5.74) is 5.85. The Bertz CT molecular complexity index is 712. The summed E-state index contributed by atoms with van der Waals surface area (Å²) < 4.78 is 0. The van der Waals surface area contributed by atoms with E-state index >= 15 is 0 Å². The Hall–Kier alpha value is -2.69. The highest BCUT2D eigenvalue weighted by Gasteiger charge is 2.40. The largest absolute Gasteiger partial charge is 0.481 e. The van der Waals surface area contributed by atoms with E-state index in [1.807, 2.05) is 13.8 Å². The molecule has 1 heterocycles. The molecular weight excluding hydrogens is 420 g/mol. The lowest BCUT2D eigenvalue weighted by Gasteiger charge is -2.30. The zero-order valence-electron chi connectivity index (χ0n) is 19.2. The van der Waals surface area contributed by atoms with Gasteiger partial charge in [0.25, 0.3) is 0 Å². The number of carboxylic acids is 2. The summed E-state index contributed by atoms with van der Waals surface area (Å²) in [5.74, 6) is -4.60. The first-order valence-electron chi connectivity index (χ1n) is 11.0. The van der Waals surface area contributed by atoms with Crippen LogP contribution in [0, 0.1) is 11.8 Å². The smallest absolute Gasteiger partial charge is 0.326 e. The third kappa shape index (κ3) is 7.77. The second-order valence-electron chi connectivity index (χ2n) is 8.79. The molecule has 1 saturated heterocycles. The first kappa shape index (κ1) is 27.3. The maximum atomic E-state index is 13.1. The molecule has 0 aromatic heterocycles. The van der Waals surface area contributed by atoms with E-state index in [0.29, 0.717) is 25.7 Å². The maximum Gasteiger partial charge on any atom is 0.326 e. The van der Waals surface area contributed by atoms with Gasteiger partial charge in [-0.1, -0.05) is 34.1 Å². The van der Waals surface area contributed by atoms with E-state index in [9.17, 15) is 34.2 Å². The Morgan fingerprint density at radius 3 is 2.22 bits per heavy atom. The van der Waals surface area contributed by atoms with Gasteiger partial charge in [0.15, 0.2) is 0 Å². The lowest BCUT2D eigenvalue weighted by atomic mass is 9.98. The molecule has 0 saturated carbocycles. The van der Waals surface area contributed by atoms with Crippen molar-refractivity contribution in [1.82, 2.24) is 15.5 Å². The van der Waals surface area contributed by atoms with Crippen LogP contribution in [0.25, 0.3) is 0 Å². The molecule has 5 unspecified atom stereocenters. The lowest BCUT2D eigenvalue weighted by molar-refractivity contribution is -0.147. The van der Waals surface area contributed by atoms with Crippen molar-refractivity contribution in [1.29, 1.82) is 0 Å². The SMILES string of the molecule is CCC(C)C(NC(=O)C1CCCN1C(=O)C(CC(=O)O)NC(=O)C(N)CC(C)C)C(=O)O. The third-order valence-electron chi connectivity index (χ3n) is 5.67. The predicted octanol–water partition coefficient (Wildman–Crippen LogP) is -0.0742. The standard InChI is InChI=1S/C21H36N4O7/c1-5-12(4)17(21(31)32)24-19(29)15-7-6-8-25(15)20(30)14(10-16(26)27)23-18(28)13(22)9-11(2)3/h11-15,17H,5-10,22H2,1-4H3,(H,23,28)(H,24,29)(H,26,27)(H,31,32). The summed E-state index contributed by atoms with van der Waals surface area (Å²) in [4.78, 5) is 62.3. The first-order valence-corrected chi connectivity index (χ1v) is 11.0. The molecule has 1 rings (SSSR count). The summed E-state index contributed by atoms with van der Waals surface area (Å²) >= 11 is 0. The van der Waals surface area contributed by atoms with Crippen molar-refractivity contribution in [2.75, 3.05) is 6.54 Å². The molecule has 3 amide bonds. The Balaban J connectivity index is 2.98. The van der Waals surface area contributed by atoms with Gasteiger partial charge < -0.3 is 31.5 Å². The van der Waals surface area contributed by atoms with Crippen molar-refractivity contribution in [2.24, 2.45) is 17.6 Å². The van der Waals surface area contributed by atoms with Crippen LogP contribution in [0.15, 0.2) is 0 Å². The number of nitrogens with zero attached hydrogens (tertiary/aromatic N) is 1. The van der Waals surface area contributed by atoms with Crippen LogP contribution >= 0.6 is 0 Å². The minimum absolute atomic E-state index is 0.128. The molecule has 0 aromatic rings. The maximum absolute atomic E-state index is 13.1. The van der Waals surface area contributed by atoms with Gasteiger partial charge in [-0.2, -0.15) is 0 Å². The summed E-state index contributed by atoms with van der Waals surface area (Å²) in [5, 5.41) is 23.6. The zero-order chi connectivity index (χ0) is 24.6. The van der Waals surface area contributed by atoms with Crippen molar-refractivity contribution in [3.05, 3.63) is 0 Å². The first-order chi connectivity index (χ1) is 14.9. The summed E-state index contributed by atoms with van der Waals surface area (Å²) in [6.07, 6.45) is 1.04. The molecule has 0 aliphatic carbocycles.